The van der Waals surface area contributed by atoms with Crippen LogP contribution in [-0.4, -0.2) is 14.6 Å². The first kappa shape index (κ1) is 10.4. The third kappa shape index (κ3) is 1.48. The van der Waals surface area contributed by atoms with E-state index in [-0.39, 0.29) is 5.65 Å². The van der Waals surface area contributed by atoms with Crippen molar-refractivity contribution in [1.29, 1.82) is 5.26 Å². The van der Waals surface area contributed by atoms with Gasteiger partial charge in [-0.2, -0.15) is 18.4 Å². The minimum Gasteiger partial charge on any atom is -0.285 e. The third-order valence-electron chi connectivity index (χ3n) is 2.14. The number of rotatable bonds is 0. The Hall–Kier alpha value is -2.10. The summed E-state index contributed by atoms with van der Waals surface area (Å²) < 4.78 is 39.0. The monoisotopic (exact) mass is 226 g/mol. The van der Waals surface area contributed by atoms with Gasteiger partial charge in [0, 0.05) is 6.20 Å². The first-order valence-corrected chi connectivity index (χ1v) is 4.26. The van der Waals surface area contributed by atoms with Crippen LogP contribution < -0.4 is 0 Å². The van der Waals surface area contributed by atoms with Gasteiger partial charge in [-0.25, -0.2) is 0 Å². The van der Waals surface area contributed by atoms with Gasteiger partial charge in [-0.3, -0.25) is 4.40 Å². The molecule has 0 aromatic carbocycles. The fourth-order valence-corrected chi connectivity index (χ4v) is 1.37. The predicted molar refractivity (Wildman–Crippen MR) is 47.4 cm³/mol. The van der Waals surface area contributed by atoms with Crippen molar-refractivity contribution >= 4 is 5.65 Å². The van der Waals surface area contributed by atoms with Crippen LogP contribution in [0.2, 0.25) is 0 Å². The van der Waals surface area contributed by atoms with Crippen molar-refractivity contribution < 1.29 is 13.2 Å². The molecule has 0 fully saturated rings. The maximum absolute atomic E-state index is 12.6. The molecule has 0 amide bonds. The van der Waals surface area contributed by atoms with E-state index in [9.17, 15) is 13.2 Å². The molecule has 4 nitrogen and oxygen atoms in total. The van der Waals surface area contributed by atoms with Crippen molar-refractivity contribution in [3.05, 3.63) is 29.2 Å². The number of aromatic nitrogens is 3. The smallest absolute Gasteiger partial charge is 0.285 e. The average Bonchev–Trinajstić information content (AvgIpc) is 2.57. The summed E-state index contributed by atoms with van der Waals surface area (Å²) in [6.07, 6.45) is -3.47. The van der Waals surface area contributed by atoms with Crippen molar-refractivity contribution in [2.24, 2.45) is 0 Å². The van der Waals surface area contributed by atoms with E-state index in [2.05, 4.69) is 10.2 Å². The Kier molecular flexibility index (Phi) is 2.08. The number of pyridine rings is 1. The standard InChI is InChI=1S/C9H5F3N4/c1-5-14-15-8-2-7(9(10,11)12)6(3-13)4-16(5)8/h2,4H,1H3. The first-order chi connectivity index (χ1) is 7.43. The Bertz CT molecular complexity index is 591. The molecule has 82 valence electrons. The van der Waals surface area contributed by atoms with E-state index in [4.69, 9.17) is 5.26 Å². The Morgan fingerprint density at radius 2 is 2.06 bits per heavy atom. The van der Waals surface area contributed by atoms with Gasteiger partial charge in [-0.1, -0.05) is 0 Å². The van der Waals surface area contributed by atoms with Crippen LogP contribution >= 0.6 is 0 Å². The zero-order valence-corrected chi connectivity index (χ0v) is 8.08. The summed E-state index contributed by atoms with van der Waals surface area (Å²) >= 11 is 0. The van der Waals surface area contributed by atoms with Gasteiger partial charge < -0.3 is 0 Å². The van der Waals surface area contributed by atoms with Gasteiger partial charge in [-0.15, -0.1) is 10.2 Å². The topological polar surface area (TPSA) is 54.0 Å². The van der Waals surface area contributed by atoms with Crippen molar-refractivity contribution in [2.45, 2.75) is 13.1 Å². The average molecular weight is 226 g/mol. The molecule has 0 saturated carbocycles. The van der Waals surface area contributed by atoms with Crippen LogP contribution in [0.1, 0.15) is 17.0 Å². The molecule has 16 heavy (non-hydrogen) atoms. The van der Waals surface area contributed by atoms with E-state index in [1.54, 1.807) is 6.92 Å². The summed E-state index contributed by atoms with van der Waals surface area (Å²) in [6.45, 7) is 1.59. The molecule has 0 spiro atoms. The van der Waals surface area contributed by atoms with E-state index in [0.717, 1.165) is 12.3 Å². The number of aryl methyl sites for hydroxylation is 1. The number of halogens is 3. The summed E-state index contributed by atoms with van der Waals surface area (Å²) in [5.41, 5.74) is -1.36. The van der Waals surface area contributed by atoms with Crippen LogP contribution in [-0.2, 0) is 6.18 Å². The van der Waals surface area contributed by atoms with Crippen LogP contribution in [0.25, 0.3) is 5.65 Å². The van der Waals surface area contributed by atoms with Gasteiger partial charge in [0.25, 0.3) is 0 Å². The Morgan fingerprint density at radius 3 is 2.62 bits per heavy atom. The zero-order valence-electron chi connectivity index (χ0n) is 8.08. The number of alkyl halides is 3. The quantitative estimate of drug-likeness (QED) is 0.689. The van der Waals surface area contributed by atoms with E-state index in [0.29, 0.717) is 5.82 Å². The number of fused-ring (bicyclic) bond motifs is 1. The fourth-order valence-electron chi connectivity index (χ4n) is 1.37. The minimum absolute atomic E-state index is 0.0730. The molecule has 0 N–H and O–H groups in total. The van der Waals surface area contributed by atoms with Gasteiger partial charge in [-0.05, 0) is 13.0 Å². The van der Waals surface area contributed by atoms with E-state index in [1.807, 2.05) is 0 Å². The second-order valence-electron chi connectivity index (χ2n) is 3.19. The largest absolute Gasteiger partial charge is 0.417 e. The lowest BCUT2D eigenvalue weighted by atomic mass is 10.1. The molecule has 0 bridgehead atoms. The summed E-state index contributed by atoms with van der Waals surface area (Å²) in [7, 11) is 0. The summed E-state index contributed by atoms with van der Waals surface area (Å²) in [5, 5.41) is 15.9. The van der Waals surface area contributed by atoms with Gasteiger partial charge in [0.15, 0.2) is 5.65 Å². The van der Waals surface area contributed by atoms with Crippen LogP contribution in [0.5, 0.6) is 0 Å². The van der Waals surface area contributed by atoms with Gasteiger partial charge >= 0.3 is 6.18 Å². The molecular formula is C9H5F3N4. The molecule has 0 aliphatic rings. The predicted octanol–water partition coefficient (Wildman–Crippen LogP) is 1.93. The highest BCUT2D eigenvalue weighted by Crippen LogP contribution is 2.32. The van der Waals surface area contributed by atoms with Crippen molar-refractivity contribution in [2.75, 3.05) is 0 Å². The number of hydrogen-bond acceptors (Lipinski definition) is 3. The molecule has 2 rings (SSSR count). The van der Waals surface area contributed by atoms with E-state index in [1.165, 1.54) is 10.5 Å². The molecule has 2 heterocycles. The van der Waals surface area contributed by atoms with Crippen LogP contribution in [0.15, 0.2) is 12.3 Å². The summed E-state index contributed by atoms with van der Waals surface area (Å²) in [4.78, 5) is 0. The number of hydrogen-bond donors (Lipinski definition) is 0. The highest BCUT2D eigenvalue weighted by molar-refractivity contribution is 5.49. The van der Waals surface area contributed by atoms with Crippen LogP contribution in [0, 0.1) is 18.3 Å². The second kappa shape index (κ2) is 3.20. The Labute approximate surface area is 87.9 Å². The maximum atomic E-state index is 12.6. The van der Waals surface area contributed by atoms with Gasteiger partial charge in [0.2, 0.25) is 0 Å². The molecule has 0 aliphatic heterocycles. The third-order valence-corrected chi connectivity index (χ3v) is 2.14. The molecule has 0 unspecified atom stereocenters. The number of nitrogens with zero attached hydrogens (tertiary/aromatic N) is 4. The molecule has 0 saturated heterocycles. The normalized spacial score (nSPS) is 11.7. The highest BCUT2D eigenvalue weighted by Gasteiger charge is 2.34. The molecule has 2 aromatic rings. The molecular weight excluding hydrogens is 221 g/mol. The van der Waals surface area contributed by atoms with Crippen molar-refractivity contribution in [3.63, 3.8) is 0 Å². The van der Waals surface area contributed by atoms with Crippen LogP contribution in [0.3, 0.4) is 0 Å². The number of nitriles is 1. The lowest BCUT2D eigenvalue weighted by Gasteiger charge is -2.08. The first-order valence-electron chi connectivity index (χ1n) is 4.26. The summed E-state index contributed by atoms with van der Waals surface area (Å²) in [6, 6.07) is 2.33. The molecule has 7 heteroatoms. The molecule has 2 aromatic heterocycles. The van der Waals surface area contributed by atoms with Gasteiger partial charge in [0.1, 0.15) is 11.9 Å². The molecule has 0 aliphatic carbocycles. The van der Waals surface area contributed by atoms with E-state index >= 15 is 0 Å². The van der Waals surface area contributed by atoms with E-state index < -0.39 is 17.3 Å². The van der Waals surface area contributed by atoms with Gasteiger partial charge in [0.05, 0.1) is 11.1 Å². The fraction of sp³-hybridized carbons (Fsp3) is 0.222. The zero-order chi connectivity index (χ0) is 11.9. The summed E-state index contributed by atoms with van der Waals surface area (Å²) in [5.74, 6) is 0.431. The molecule has 0 atom stereocenters. The van der Waals surface area contributed by atoms with Crippen molar-refractivity contribution in [1.82, 2.24) is 14.6 Å². The Morgan fingerprint density at radius 1 is 1.38 bits per heavy atom. The SMILES string of the molecule is Cc1nnc2cc(C(F)(F)F)c(C#N)cn12. The van der Waals surface area contributed by atoms with Crippen molar-refractivity contribution in [3.8, 4) is 6.07 Å². The second-order valence-corrected chi connectivity index (χ2v) is 3.19. The molecule has 0 radical (unpaired) electrons. The minimum atomic E-state index is -4.56. The van der Waals surface area contributed by atoms with Crippen LogP contribution in [0.4, 0.5) is 13.2 Å². The Balaban J connectivity index is 2.81. The lowest BCUT2D eigenvalue weighted by molar-refractivity contribution is -0.137. The lowest BCUT2D eigenvalue weighted by Crippen LogP contribution is -2.09. The highest BCUT2D eigenvalue weighted by atomic mass is 19.4. The maximum Gasteiger partial charge on any atom is 0.417 e.